The first kappa shape index (κ1) is 18.6. The van der Waals surface area contributed by atoms with Crippen LogP contribution in [0.4, 0.5) is 10.5 Å². The molecular formula is C13H19N7O4S. The molecule has 2 rings (SSSR count). The Morgan fingerprint density at radius 3 is 2.64 bits per heavy atom. The van der Waals surface area contributed by atoms with Gasteiger partial charge < -0.3 is 15.4 Å². The summed E-state index contributed by atoms with van der Waals surface area (Å²) in [6.07, 6.45) is 1.05. The zero-order valence-electron chi connectivity index (χ0n) is 14.0. The highest BCUT2D eigenvalue weighted by Crippen LogP contribution is 2.23. The van der Waals surface area contributed by atoms with Crippen LogP contribution in [0.25, 0.3) is 5.69 Å². The molecule has 0 spiro atoms. The van der Waals surface area contributed by atoms with Gasteiger partial charge >= 0.3 is 6.03 Å². The highest BCUT2D eigenvalue weighted by atomic mass is 32.2. The van der Waals surface area contributed by atoms with Crippen LogP contribution in [0.5, 0.6) is 5.75 Å². The number of rotatable bonds is 7. The normalized spacial score (nSPS) is 11.2. The topological polar surface area (TPSA) is 140 Å². The zero-order valence-corrected chi connectivity index (χ0v) is 14.8. The van der Waals surface area contributed by atoms with Crippen molar-refractivity contribution in [1.82, 2.24) is 30.2 Å². The Morgan fingerprint density at radius 1 is 1.28 bits per heavy atom. The van der Waals surface area contributed by atoms with Gasteiger partial charge in [0.25, 0.3) is 0 Å². The van der Waals surface area contributed by atoms with Crippen LogP contribution in [0.3, 0.4) is 0 Å². The fraction of sp³-hybridized carbons (Fsp3) is 0.385. The number of nitrogens with one attached hydrogen (secondary N) is 3. The van der Waals surface area contributed by atoms with Gasteiger partial charge in [-0.1, -0.05) is 0 Å². The van der Waals surface area contributed by atoms with Crippen molar-refractivity contribution in [2.75, 3.05) is 31.8 Å². The minimum absolute atomic E-state index is 0.0967. The number of methoxy groups -OCH3 is 1. The second kappa shape index (κ2) is 7.90. The van der Waals surface area contributed by atoms with E-state index in [0.717, 1.165) is 6.26 Å². The second-order valence-corrected chi connectivity index (χ2v) is 6.94. The van der Waals surface area contributed by atoms with E-state index in [1.165, 1.54) is 11.8 Å². The lowest BCUT2D eigenvalue weighted by atomic mass is 10.2. The molecule has 2 amide bonds. The van der Waals surface area contributed by atoms with E-state index in [2.05, 4.69) is 30.9 Å². The van der Waals surface area contributed by atoms with E-state index in [0.29, 0.717) is 22.9 Å². The molecule has 1 aromatic carbocycles. The number of anilines is 1. The molecule has 11 nitrogen and oxygen atoms in total. The Balaban J connectivity index is 2.04. The minimum atomic E-state index is -3.28. The molecule has 136 valence electrons. The first-order valence-electron chi connectivity index (χ1n) is 7.22. The molecule has 0 aliphatic carbocycles. The van der Waals surface area contributed by atoms with Crippen LogP contribution in [0, 0.1) is 6.92 Å². The Bertz CT molecular complexity index is 850. The number of aromatic nitrogens is 4. The van der Waals surface area contributed by atoms with Gasteiger partial charge in [0.15, 0.2) is 5.82 Å². The van der Waals surface area contributed by atoms with Crippen LogP contribution < -0.4 is 20.1 Å². The minimum Gasteiger partial charge on any atom is -0.497 e. The van der Waals surface area contributed by atoms with E-state index >= 15 is 0 Å². The van der Waals surface area contributed by atoms with Crippen LogP contribution in [0.15, 0.2) is 18.2 Å². The Hall–Kier alpha value is -2.73. The summed E-state index contributed by atoms with van der Waals surface area (Å²) in [7, 11) is -1.78. The third kappa shape index (κ3) is 5.69. The number of nitrogens with zero attached hydrogens (tertiary/aromatic N) is 4. The summed E-state index contributed by atoms with van der Waals surface area (Å²) >= 11 is 0. The van der Waals surface area contributed by atoms with Crippen molar-refractivity contribution >= 4 is 21.7 Å². The molecule has 0 unspecified atom stereocenters. The van der Waals surface area contributed by atoms with Gasteiger partial charge in [0.05, 0.1) is 19.1 Å². The molecule has 0 fully saturated rings. The SMILES string of the molecule is COc1cc(NC(=O)NCCNS(C)(=O)=O)cc(-n2nnnc2C)c1. The number of carbonyl (C=O) groups is 1. The molecule has 0 aliphatic rings. The first-order valence-corrected chi connectivity index (χ1v) is 9.11. The second-order valence-electron chi connectivity index (χ2n) is 5.11. The predicted octanol–water partition coefficient (Wildman–Crippen LogP) is -0.350. The number of tetrazole rings is 1. The quantitative estimate of drug-likeness (QED) is 0.567. The van der Waals surface area contributed by atoms with Gasteiger partial charge in [-0.05, 0) is 23.4 Å². The van der Waals surface area contributed by atoms with Gasteiger partial charge in [0.2, 0.25) is 10.0 Å². The lowest BCUT2D eigenvalue weighted by molar-refractivity contribution is 0.252. The molecule has 0 saturated carbocycles. The number of aryl methyl sites for hydroxylation is 1. The van der Waals surface area contributed by atoms with Crippen LogP contribution in [0.1, 0.15) is 5.82 Å². The lowest BCUT2D eigenvalue weighted by Crippen LogP contribution is -2.36. The molecular weight excluding hydrogens is 350 g/mol. The number of amides is 2. The summed E-state index contributed by atoms with van der Waals surface area (Å²) in [6, 6.07) is 4.56. The molecule has 3 N–H and O–H groups in total. The van der Waals surface area contributed by atoms with Crippen molar-refractivity contribution in [2.45, 2.75) is 6.92 Å². The van der Waals surface area contributed by atoms with E-state index in [4.69, 9.17) is 4.74 Å². The van der Waals surface area contributed by atoms with Crippen LogP contribution >= 0.6 is 0 Å². The predicted molar refractivity (Wildman–Crippen MR) is 90.3 cm³/mol. The van der Waals surface area contributed by atoms with Gasteiger partial charge in [-0.2, -0.15) is 4.68 Å². The summed E-state index contributed by atoms with van der Waals surface area (Å²) < 4.78 is 30.9. The molecule has 12 heteroatoms. The zero-order chi connectivity index (χ0) is 18.4. The fourth-order valence-electron chi connectivity index (χ4n) is 1.95. The van der Waals surface area contributed by atoms with Gasteiger partial charge in [-0.3, -0.25) is 0 Å². The third-order valence-corrected chi connectivity index (χ3v) is 3.76. The number of hydrogen-bond acceptors (Lipinski definition) is 7. The van der Waals surface area contributed by atoms with E-state index < -0.39 is 16.1 Å². The maximum absolute atomic E-state index is 11.9. The number of urea groups is 1. The Kier molecular flexibility index (Phi) is 5.88. The number of hydrogen-bond donors (Lipinski definition) is 3. The van der Waals surface area contributed by atoms with E-state index in [-0.39, 0.29) is 13.1 Å². The summed E-state index contributed by atoms with van der Waals surface area (Å²) in [5, 5.41) is 16.5. The maximum Gasteiger partial charge on any atom is 0.319 e. The summed E-state index contributed by atoms with van der Waals surface area (Å²) in [5.74, 6) is 1.09. The van der Waals surface area contributed by atoms with E-state index in [1.54, 1.807) is 25.1 Å². The van der Waals surface area contributed by atoms with Crippen molar-refractivity contribution in [3.8, 4) is 11.4 Å². The van der Waals surface area contributed by atoms with Gasteiger partial charge in [-0.15, -0.1) is 5.10 Å². The Labute approximate surface area is 144 Å². The van der Waals surface area contributed by atoms with Crippen molar-refractivity contribution in [1.29, 1.82) is 0 Å². The summed E-state index contributed by atoms with van der Waals surface area (Å²) in [5.41, 5.74) is 1.09. The lowest BCUT2D eigenvalue weighted by Gasteiger charge is -2.11. The maximum atomic E-state index is 11.9. The molecule has 0 bridgehead atoms. The van der Waals surface area contributed by atoms with Crippen LogP contribution in [-0.2, 0) is 10.0 Å². The van der Waals surface area contributed by atoms with Crippen molar-refractivity contribution in [3.05, 3.63) is 24.0 Å². The van der Waals surface area contributed by atoms with E-state index in [1.807, 2.05) is 0 Å². The monoisotopic (exact) mass is 369 g/mol. The number of benzene rings is 1. The summed E-state index contributed by atoms with van der Waals surface area (Å²) in [4.78, 5) is 11.9. The van der Waals surface area contributed by atoms with Crippen LogP contribution in [0.2, 0.25) is 0 Å². The number of ether oxygens (including phenoxy) is 1. The van der Waals surface area contributed by atoms with Gasteiger partial charge in [0.1, 0.15) is 5.75 Å². The molecule has 25 heavy (non-hydrogen) atoms. The molecule has 0 atom stereocenters. The summed E-state index contributed by atoms with van der Waals surface area (Å²) in [6.45, 7) is 1.98. The molecule has 0 aliphatic heterocycles. The third-order valence-electron chi connectivity index (χ3n) is 3.03. The van der Waals surface area contributed by atoms with Crippen molar-refractivity contribution < 1.29 is 17.9 Å². The first-order chi connectivity index (χ1) is 11.8. The van der Waals surface area contributed by atoms with E-state index in [9.17, 15) is 13.2 Å². The average Bonchev–Trinajstić information content (AvgIpc) is 2.96. The Morgan fingerprint density at radius 2 is 2.04 bits per heavy atom. The average molecular weight is 369 g/mol. The highest BCUT2D eigenvalue weighted by molar-refractivity contribution is 7.88. The fourth-order valence-corrected chi connectivity index (χ4v) is 2.43. The highest BCUT2D eigenvalue weighted by Gasteiger charge is 2.10. The van der Waals surface area contributed by atoms with Gasteiger partial charge in [0, 0.05) is 30.9 Å². The largest absolute Gasteiger partial charge is 0.497 e. The molecule has 1 heterocycles. The smallest absolute Gasteiger partial charge is 0.319 e. The van der Waals surface area contributed by atoms with Crippen molar-refractivity contribution in [3.63, 3.8) is 0 Å². The van der Waals surface area contributed by atoms with Crippen molar-refractivity contribution in [2.24, 2.45) is 0 Å². The molecule has 0 saturated heterocycles. The number of sulfonamides is 1. The molecule has 0 radical (unpaired) electrons. The van der Waals surface area contributed by atoms with Crippen LogP contribution in [-0.4, -0.2) is 61.1 Å². The standard InChI is InChI=1S/C13H19N7O4S/c1-9-17-18-19-20(9)11-6-10(7-12(8-11)24-2)16-13(21)14-4-5-15-25(3,22)23/h6-8,15H,4-5H2,1-3H3,(H2,14,16,21). The van der Waals surface area contributed by atoms with Gasteiger partial charge in [-0.25, -0.2) is 17.9 Å². The number of carbonyl (C=O) groups excluding carboxylic acids is 1. The molecule has 2 aromatic rings. The molecule has 1 aromatic heterocycles.